The Bertz CT molecular complexity index is 1060. The Morgan fingerprint density at radius 2 is 1.66 bits per heavy atom. The second-order valence-electron chi connectivity index (χ2n) is 12.1. The number of hydrogen-bond acceptors (Lipinski definition) is 7. The van der Waals surface area contributed by atoms with E-state index in [1.54, 1.807) is 0 Å². The number of carbonyl (C=O) groups is 1. The summed E-state index contributed by atoms with van der Waals surface area (Å²) in [4.78, 5) is 39.1. The minimum Gasteiger partial charge on any atom is -0.466 e. The van der Waals surface area contributed by atoms with Crippen molar-refractivity contribution in [1.82, 2.24) is 9.55 Å². The Hall–Kier alpha value is -1.80. The van der Waals surface area contributed by atoms with Crippen LogP contribution in [0.3, 0.4) is 0 Å². The molecular formula is C24H42N2O7Si2. The lowest BCUT2D eigenvalue weighted by atomic mass is 10.1. The normalized spacial score (nSPS) is 23.1. The highest BCUT2D eigenvalue weighted by Gasteiger charge is 2.49. The molecule has 9 nitrogen and oxygen atoms in total. The van der Waals surface area contributed by atoms with Gasteiger partial charge in [-0.25, -0.2) is 9.59 Å². The van der Waals surface area contributed by atoms with Crippen LogP contribution in [0.5, 0.6) is 0 Å². The Kier molecular flexibility index (Phi) is 8.65. The fourth-order valence-corrected chi connectivity index (χ4v) is 5.37. The highest BCUT2D eigenvalue weighted by Crippen LogP contribution is 2.44. The number of methoxy groups -OCH3 is 1. The number of ether oxygens (including phenoxy) is 2. The zero-order valence-corrected chi connectivity index (χ0v) is 25.0. The Morgan fingerprint density at radius 1 is 1.09 bits per heavy atom. The van der Waals surface area contributed by atoms with Gasteiger partial charge in [0.2, 0.25) is 0 Å². The second-order valence-corrected chi connectivity index (χ2v) is 21.6. The first-order valence-electron chi connectivity index (χ1n) is 11.9. The standard InChI is InChI=1S/C24H42N2O7Si2/c1-23(2,3)34(8,9)31-15-17-16(14-19(28)30-7)20(33-35(10,11)24(4,5)6)21(32-17)26-13-12-18(27)25-22(26)29/h12-14,17,20-21H,15H2,1-11H3,(H,25,27,29). The van der Waals surface area contributed by atoms with Crippen LogP contribution in [-0.2, 0) is 23.1 Å². The monoisotopic (exact) mass is 526 g/mol. The van der Waals surface area contributed by atoms with Gasteiger partial charge in [-0.3, -0.25) is 14.3 Å². The average molecular weight is 527 g/mol. The predicted octanol–water partition coefficient (Wildman–Crippen LogP) is 3.95. The van der Waals surface area contributed by atoms with Crippen molar-refractivity contribution in [3.63, 3.8) is 0 Å². The zero-order chi connectivity index (χ0) is 27.0. The van der Waals surface area contributed by atoms with Gasteiger partial charge in [0, 0.05) is 18.3 Å². The van der Waals surface area contributed by atoms with Crippen LogP contribution in [0, 0.1) is 0 Å². The third kappa shape index (κ3) is 6.70. The van der Waals surface area contributed by atoms with E-state index in [9.17, 15) is 14.4 Å². The zero-order valence-electron chi connectivity index (χ0n) is 23.0. The minimum atomic E-state index is -2.39. The van der Waals surface area contributed by atoms with Gasteiger partial charge < -0.3 is 18.3 Å². The van der Waals surface area contributed by atoms with Gasteiger partial charge in [0.25, 0.3) is 5.56 Å². The first-order valence-corrected chi connectivity index (χ1v) is 17.7. The maximum Gasteiger partial charge on any atom is 0.330 e. The lowest BCUT2D eigenvalue weighted by Crippen LogP contribution is -2.47. The summed E-state index contributed by atoms with van der Waals surface area (Å²) in [7, 11) is -3.22. The number of rotatable bonds is 7. The molecule has 0 spiro atoms. The number of H-pyrrole nitrogens is 1. The number of hydrogen-bond donors (Lipinski definition) is 1. The molecule has 1 fully saturated rings. The van der Waals surface area contributed by atoms with E-state index >= 15 is 0 Å². The van der Waals surface area contributed by atoms with Gasteiger partial charge in [0.05, 0.1) is 13.7 Å². The molecule has 2 rings (SSSR count). The number of esters is 1. The molecular weight excluding hydrogens is 484 g/mol. The van der Waals surface area contributed by atoms with E-state index in [4.69, 9.17) is 18.3 Å². The number of carbonyl (C=O) groups excluding carboxylic acids is 1. The maximum atomic E-state index is 12.7. The minimum absolute atomic E-state index is 0.0237. The fraction of sp³-hybridized carbons (Fsp3) is 0.708. The van der Waals surface area contributed by atoms with E-state index in [0.717, 1.165) is 0 Å². The molecule has 0 amide bonds. The van der Waals surface area contributed by atoms with Crippen molar-refractivity contribution in [3.05, 3.63) is 44.8 Å². The van der Waals surface area contributed by atoms with Crippen molar-refractivity contribution in [2.75, 3.05) is 13.7 Å². The molecule has 1 aliphatic rings. The molecule has 1 saturated heterocycles. The highest BCUT2D eigenvalue weighted by atomic mass is 28.4. The molecule has 0 bridgehead atoms. The predicted molar refractivity (Wildman–Crippen MR) is 141 cm³/mol. The summed E-state index contributed by atoms with van der Waals surface area (Å²) in [5.41, 5.74) is -0.563. The summed E-state index contributed by atoms with van der Waals surface area (Å²) < 4.78 is 25.8. The molecule has 11 heteroatoms. The summed E-state index contributed by atoms with van der Waals surface area (Å²) >= 11 is 0. The van der Waals surface area contributed by atoms with E-state index in [1.807, 2.05) is 0 Å². The van der Waals surface area contributed by atoms with E-state index < -0.39 is 52.3 Å². The lowest BCUT2D eigenvalue weighted by Gasteiger charge is -2.39. The molecule has 198 valence electrons. The fourth-order valence-electron chi connectivity index (χ4n) is 3.13. The number of aromatic amines is 1. The van der Waals surface area contributed by atoms with Crippen molar-refractivity contribution in [1.29, 1.82) is 0 Å². The molecule has 1 aromatic heterocycles. The van der Waals surface area contributed by atoms with Crippen LogP contribution < -0.4 is 11.2 Å². The van der Waals surface area contributed by atoms with Crippen molar-refractivity contribution in [2.45, 2.75) is 96.2 Å². The van der Waals surface area contributed by atoms with Crippen LogP contribution in [0.25, 0.3) is 0 Å². The first kappa shape index (κ1) is 29.4. The Morgan fingerprint density at radius 3 is 2.14 bits per heavy atom. The van der Waals surface area contributed by atoms with E-state index in [0.29, 0.717) is 5.57 Å². The van der Waals surface area contributed by atoms with E-state index in [-0.39, 0.29) is 16.7 Å². The number of aromatic nitrogens is 2. The molecule has 3 atom stereocenters. The van der Waals surface area contributed by atoms with Crippen LogP contribution in [0.2, 0.25) is 36.3 Å². The Balaban J connectivity index is 2.61. The topological polar surface area (TPSA) is 109 Å². The summed E-state index contributed by atoms with van der Waals surface area (Å²) in [6.45, 7) is 21.4. The van der Waals surface area contributed by atoms with Gasteiger partial charge in [-0.1, -0.05) is 41.5 Å². The summed E-state index contributed by atoms with van der Waals surface area (Å²) in [6.07, 6.45) is 0.500. The molecule has 2 heterocycles. The molecule has 35 heavy (non-hydrogen) atoms. The van der Waals surface area contributed by atoms with Crippen molar-refractivity contribution < 1.29 is 23.1 Å². The van der Waals surface area contributed by atoms with E-state index in [1.165, 1.54) is 30.0 Å². The molecule has 1 aliphatic heterocycles. The van der Waals surface area contributed by atoms with Crippen molar-refractivity contribution >= 4 is 22.6 Å². The van der Waals surface area contributed by atoms with Crippen molar-refractivity contribution in [3.8, 4) is 0 Å². The summed E-state index contributed by atoms with van der Waals surface area (Å²) in [5, 5.41) is -0.163. The van der Waals surface area contributed by atoms with Gasteiger partial charge >= 0.3 is 11.7 Å². The smallest absolute Gasteiger partial charge is 0.330 e. The SMILES string of the molecule is COC(=O)C=C1C(CO[Si](C)(C)C(C)(C)C)OC(n2ccc(=O)[nH]c2=O)C1O[Si](C)(C)C(C)(C)C. The quantitative estimate of drug-likeness (QED) is 0.325. The molecule has 0 radical (unpaired) electrons. The number of nitrogens with one attached hydrogen (secondary N) is 1. The van der Waals surface area contributed by atoms with Crippen LogP contribution in [0.4, 0.5) is 0 Å². The van der Waals surface area contributed by atoms with Crippen molar-refractivity contribution in [2.24, 2.45) is 0 Å². The van der Waals surface area contributed by atoms with Gasteiger partial charge in [0.15, 0.2) is 22.9 Å². The molecule has 3 unspecified atom stereocenters. The van der Waals surface area contributed by atoms with Gasteiger partial charge in [-0.2, -0.15) is 0 Å². The highest BCUT2D eigenvalue weighted by molar-refractivity contribution is 6.74. The maximum absolute atomic E-state index is 12.7. The van der Waals surface area contributed by atoms with Crippen LogP contribution >= 0.6 is 0 Å². The summed E-state index contributed by atoms with van der Waals surface area (Å²) in [5.74, 6) is -0.542. The van der Waals surface area contributed by atoms with E-state index in [2.05, 4.69) is 72.7 Å². The van der Waals surface area contributed by atoms with Crippen LogP contribution in [0.15, 0.2) is 33.5 Å². The van der Waals surface area contributed by atoms with Gasteiger partial charge in [-0.15, -0.1) is 0 Å². The van der Waals surface area contributed by atoms with Gasteiger partial charge in [0.1, 0.15) is 12.2 Å². The average Bonchev–Trinajstić information content (AvgIpc) is 3.01. The lowest BCUT2D eigenvalue weighted by molar-refractivity contribution is -0.135. The Labute approximate surface area is 210 Å². The third-order valence-electron chi connectivity index (χ3n) is 7.50. The largest absolute Gasteiger partial charge is 0.466 e. The third-order valence-corrected chi connectivity index (χ3v) is 16.5. The first-order chi connectivity index (χ1) is 15.8. The van der Waals surface area contributed by atoms with Crippen LogP contribution in [-0.4, -0.2) is 58.1 Å². The molecule has 0 aromatic carbocycles. The molecule has 0 aliphatic carbocycles. The molecule has 0 saturated carbocycles. The second kappa shape index (κ2) is 10.3. The van der Waals surface area contributed by atoms with Crippen LogP contribution in [0.1, 0.15) is 47.8 Å². The summed E-state index contributed by atoms with van der Waals surface area (Å²) in [6, 6.07) is 1.26. The number of nitrogens with zero attached hydrogens (tertiary/aromatic N) is 1. The molecule has 1 N–H and O–H groups in total. The van der Waals surface area contributed by atoms with Gasteiger partial charge in [-0.05, 0) is 41.8 Å². The molecule has 1 aromatic rings.